The van der Waals surface area contributed by atoms with E-state index in [0.717, 1.165) is 6.42 Å². The molecule has 0 unspecified atom stereocenters. The summed E-state index contributed by atoms with van der Waals surface area (Å²) >= 11 is 0. The summed E-state index contributed by atoms with van der Waals surface area (Å²) in [4.78, 5) is 0. The molecule has 72 valence electrons. The first-order chi connectivity index (χ1) is 6.93. The highest BCUT2D eigenvalue weighted by atomic mass is 13.9. The molecule has 0 atom stereocenters. The molecule has 0 heteroatoms. The second-order valence-electron chi connectivity index (χ2n) is 3.03. The van der Waals surface area contributed by atoms with E-state index in [-0.39, 0.29) is 0 Å². The van der Waals surface area contributed by atoms with Gasteiger partial charge in [0.25, 0.3) is 0 Å². The quantitative estimate of drug-likeness (QED) is 0.622. The van der Waals surface area contributed by atoms with Crippen LogP contribution in [0.2, 0.25) is 0 Å². The Bertz CT molecular complexity index is 315. The van der Waals surface area contributed by atoms with Gasteiger partial charge in [0, 0.05) is 0 Å². The molecule has 0 nitrogen and oxygen atoms in total. The maximum Gasteiger partial charge on any atom is -0.00943 e. The van der Waals surface area contributed by atoms with E-state index in [1.54, 1.807) is 0 Å². The fraction of sp³-hybridized carbons (Fsp3) is 0.143. The van der Waals surface area contributed by atoms with E-state index in [2.05, 4.69) is 36.4 Å². The fourth-order valence-corrected chi connectivity index (χ4v) is 1.14. The summed E-state index contributed by atoms with van der Waals surface area (Å²) in [7, 11) is 0. The van der Waals surface area contributed by atoms with E-state index in [9.17, 15) is 0 Å². The van der Waals surface area contributed by atoms with Crippen LogP contribution in [-0.2, 0) is 6.42 Å². The summed E-state index contributed by atoms with van der Waals surface area (Å²) < 4.78 is 0. The third-order valence-electron chi connectivity index (χ3n) is 1.86. The first kappa shape index (κ1) is 10.5. The van der Waals surface area contributed by atoms with Crippen molar-refractivity contribution in [2.24, 2.45) is 0 Å². The number of benzene rings is 1. The summed E-state index contributed by atoms with van der Waals surface area (Å²) in [6.45, 7) is 2.01. The molecule has 0 spiro atoms. The Morgan fingerprint density at radius 3 is 2.36 bits per heavy atom. The maximum atomic E-state index is 2.16. The molecule has 0 heterocycles. The largest absolute Gasteiger partial charge is 0.0877 e. The molecule has 0 saturated heterocycles. The van der Waals surface area contributed by atoms with Crippen molar-refractivity contribution >= 4 is 0 Å². The van der Waals surface area contributed by atoms with E-state index in [1.807, 2.05) is 37.3 Å². The topological polar surface area (TPSA) is 0 Å². The van der Waals surface area contributed by atoms with Crippen LogP contribution in [0.15, 0.2) is 66.8 Å². The molecule has 1 rings (SSSR count). The lowest BCUT2D eigenvalue weighted by Gasteiger charge is -1.92. The van der Waals surface area contributed by atoms with Gasteiger partial charge in [-0.1, -0.05) is 66.8 Å². The van der Waals surface area contributed by atoms with Gasteiger partial charge in [-0.05, 0) is 18.9 Å². The van der Waals surface area contributed by atoms with Gasteiger partial charge in [-0.2, -0.15) is 0 Å². The minimum Gasteiger partial charge on any atom is -0.0877 e. The van der Waals surface area contributed by atoms with Gasteiger partial charge in [0.1, 0.15) is 0 Å². The van der Waals surface area contributed by atoms with Crippen molar-refractivity contribution < 1.29 is 0 Å². The van der Waals surface area contributed by atoms with Gasteiger partial charge in [0.2, 0.25) is 0 Å². The van der Waals surface area contributed by atoms with Gasteiger partial charge >= 0.3 is 0 Å². The molecule has 0 saturated carbocycles. The number of allylic oxidation sites excluding steroid dienone is 6. The normalized spacial score (nSPS) is 12.1. The summed E-state index contributed by atoms with van der Waals surface area (Å²) in [5.41, 5.74) is 1.35. The van der Waals surface area contributed by atoms with Crippen LogP contribution in [0.3, 0.4) is 0 Å². The Labute approximate surface area is 86.3 Å². The molecule has 0 radical (unpaired) electrons. The van der Waals surface area contributed by atoms with E-state index in [0.29, 0.717) is 0 Å². The fourth-order valence-electron chi connectivity index (χ4n) is 1.14. The minimum atomic E-state index is 1.00. The first-order valence-corrected chi connectivity index (χ1v) is 4.92. The highest BCUT2D eigenvalue weighted by Gasteiger charge is 1.83. The lowest BCUT2D eigenvalue weighted by molar-refractivity contribution is 1.27. The molecule has 1 aromatic rings. The number of hydrogen-bond donors (Lipinski definition) is 0. The second kappa shape index (κ2) is 6.90. The number of hydrogen-bond acceptors (Lipinski definition) is 0. The SMILES string of the molecule is C\C=C/C=C\C=C\Cc1ccccc1. The zero-order chi connectivity index (χ0) is 10.1. The van der Waals surface area contributed by atoms with Crippen LogP contribution < -0.4 is 0 Å². The van der Waals surface area contributed by atoms with Gasteiger partial charge in [0.05, 0.1) is 0 Å². The van der Waals surface area contributed by atoms with E-state index in [1.165, 1.54) is 5.56 Å². The molecular formula is C14H16. The predicted octanol–water partition coefficient (Wildman–Crippen LogP) is 3.92. The van der Waals surface area contributed by atoms with Gasteiger partial charge in [-0.25, -0.2) is 0 Å². The average molecular weight is 184 g/mol. The van der Waals surface area contributed by atoms with Gasteiger partial charge < -0.3 is 0 Å². The Morgan fingerprint density at radius 2 is 1.64 bits per heavy atom. The van der Waals surface area contributed by atoms with Crippen molar-refractivity contribution in [2.75, 3.05) is 0 Å². The van der Waals surface area contributed by atoms with E-state index < -0.39 is 0 Å². The standard InChI is InChI=1S/C14H16/c1-2-3-4-5-6-8-11-14-12-9-7-10-13-14/h2-10,12-13H,11H2,1H3/b3-2-,5-4-,8-6+. The lowest BCUT2D eigenvalue weighted by Crippen LogP contribution is -1.77. The molecule has 0 aliphatic heterocycles. The summed E-state index contributed by atoms with van der Waals surface area (Å²) in [6, 6.07) is 10.5. The van der Waals surface area contributed by atoms with Crippen molar-refractivity contribution in [3.05, 3.63) is 72.4 Å². The molecule has 0 N–H and O–H groups in total. The number of rotatable bonds is 4. The van der Waals surface area contributed by atoms with Gasteiger partial charge in [0.15, 0.2) is 0 Å². The average Bonchev–Trinajstić information content (AvgIpc) is 2.25. The Kier molecular flexibility index (Phi) is 5.19. The van der Waals surface area contributed by atoms with Crippen LogP contribution in [0, 0.1) is 0 Å². The van der Waals surface area contributed by atoms with Crippen molar-refractivity contribution in [1.82, 2.24) is 0 Å². The third kappa shape index (κ3) is 4.46. The summed E-state index contributed by atoms with van der Waals surface area (Å²) in [6.07, 6.45) is 13.3. The molecule has 1 aromatic carbocycles. The first-order valence-electron chi connectivity index (χ1n) is 4.92. The van der Waals surface area contributed by atoms with Crippen molar-refractivity contribution in [3.63, 3.8) is 0 Å². The third-order valence-corrected chi connectivity index (χ3v) is 1.86. The zero-order valence-electron chi connectivity index (χ0n) is 8.56. The smallest absolute Gasteiger partial charge is 0.00943 e. The van der Waals surface area contributed by atoms with Crippen LogP contribution in [0.5, 0.6) is 0 Å². The molecule has 0 fully saturated rings. The molecule has 0 bridgehead atoms. The molecule has 14 heavy (non-hydrogen) atoms. The minimum absolute atomic E-state index is 1.00. The highest BCUT2D eigenvalue weighted by Crippen LogP contribution is 1.99. The van der Waals surface area contributed by atoms with Crippen molar-refractivity contribution in [1.29, 1.82) is 0 Å². The van der Waals surface area contributed by atoms with Gasteiger partial charge in [-0.15, -0.1) is 0 Å². The Balaban J connectivity index is 2.34. The van der Waals surface area contributed by atoms with Crippen LogP contribution in [0.4, 0.5) is 0 Å². The molecule has 0 amide bonds. The van der Waals surface area contributed by atoms with Crippen LogP contribution in [0.25, 0.3) is 0 Å². The molecule has 0 aliphatic rings. The monoisotopic (exact) mass is 184 g/mol. The second-order valence-corrected chi connectivity index (χ2v) is 3.03. The van der Waals surface area contributed by atoms with Crippen LogP contribution in [-0.4, -0.2) is 0 Å². The Hall–Kier alpha value is -1.56. The summed E-state index contributed by atoms with van der Waals surface area (Å²) in [5.74, 6) is 0. The van der Waals surface area contributed by atoms with E-state index in [4.69, 9.17) is 0 Å². The molecular weight excluding hydrogens is 168 g/mol. The van der Waals surface area contributed by atoms with Crippen molar-refractivity contribution in [2.45, 2.75) is 13.3 Å². The highest BCUT2D eigenvalue weighted by molar-refractivity contribution is 5.19. The van der Waals surface area contributed by atoms with Crippen LogP contribution in [0.1, 0.15) is 12.5 Å². The van der Waals surface area contributed by atoms with Crippen LogP contribution >= 0.6 is 0 Å². The Morgan fingerprint density at radius 1 is 0.929 bits per heavy atom. The van der Waals surface area contributed by atoms with Gasteiger partial charge in [-0.3, -0.25) is 0 Å². The summed E-state index contributed by atoms with van der Waals surface area (Å²) in [5, 5.41) is 0. The van der Waals surface area contributed by atoms with Crippen molar-refractivity contribution in [3.8, 4) is 0 Å². The maximum absolute atomic E-state index is 2.16. The molecule has 0 aliphatic carbocycles. The zero-order valence-corrected chi connectivity index (χ0v) is 8.56. The molecule has 0 aromatic heterocycles. The predicted molar refractivity (Wildman–Crippen MR) is 63.2 cm³/mol. The van der Waals surface area contributed by atoms with E-state index >= 15 is 0 Å². The lowest BCUT2D eigenvalue weighted by atomic mass is 10.1.